The first-order valence-corrected chi connectivity index (χ1v) is 13.6. The van der Waals surface area contributed by atoms with Crippen LogP contribution in [0.25, 0.3) is 22.1 Å². The molecule has 3 aromatic heterocycles. The number of nitrogens with one attached hydrogen (secondary N) is 1. The molecule has 0 aliphatic carbocycles. The molecular weight excluding hydrogens is 508 g/mol. The molecule has 0 saturated carbocycles. The summed E-state index contributed by atoms with van der Waals surface area (Å²) in [7, 11) is -3.69. The molecule has 0 fully saturated rings. The largest absolute Gasteiger partial charge is 0.492 e. The monoisotopic (exact) mass is 534 g/mol. The number of aromatic nitrogens is 4. The van der Waals surface area contributed by atoms with E-state index < -0.39 is 15.9 Å². The molecular formula is C26H26N6O5S. The molecule has 196 valence electrons. The van der Waals surface area contributed by atoms with Crippen LogP contribution in [-0.4, -0.2) is 58.1 Å². The molecule has 1 amide bonds. The van der Waals surface area contributed by atoms with Crippen LogP contribution in [0.4, 0.5) is 5.95 Å². The quantitative estimate of drug-likeness (QED) is 0.285. The van der Waals surface area contributed by atoms with Crippen molar-refractivity contribution in [2.75, 3.05) is 25.0 Å². The van der Waals surface area contributed by atoms with Gasteiger partial charge in [0.2, 0.25) is 10.0 Å². The zero-order valence-electron chi connectivity index (χ0n) is 20.9. The van der Waals surface area contributed by atoms with E-state index in [1.165, 1.54) is 16.6 Å². The lowest BCUT2D eigenvalue weighted by atomic mass is 10.2. The smallest absolute Gasteiger partial charge is 0.293 e. The Bertz CT molecular complexity index is 1680. The van der Waals surface area contributed by atoms with E-state index in [4.69, 9.17) is 9.15 Å². The molecule has 38 heavy (non-hydrogen) atoms. The predicted molar refractivity (Wildman–Crippen MR) is 142 cm³/mol. The summed E-state index contributed by atoms with van der Waals surface area (Å²) in [5.41, 5.74) is 1.55. The van der Waals surface area contributed by atoms with Crippen LogP contribution < -0.4 is 10.1 Å². The molecule has 1 N–H and O–H groups in total. The summed E-state index contributed by atoms with van der Waals surface area (Å²) in [6.45, 7) is 5.02. The lowest BCUT2D eigenvalue weighted by Gasteiger charge is -2.18. The number of rotatable bonds is 10. The van der Waals surface area contributed by atoms with Gasteiger partial charge in [-0.15, -0.1) is 10.2 Å². The number of nitrogens with zero attached hydrogens (tertiary/aromatic N) is 5. The summed E-state index contributed by atoms with van der Waals surface area (Å²) in [5, 5.41) is 11.6. The van der Waals surface area contributed by atoms with E-state index in [1.54, 1.807) is 38.1 Å². The van der Waals surface area contributed by atoms with E-state index in [9.17, 15) is 13.2 Å². The van der Waals surface area contributed by atoms with Crippen LogP contribution in [0.3, 0.4) is 0 Å². The van der Waals surface area contributed by atoms with Crippen molar-refractivity contribution in [3.63, 3.8) is 0 Å². The Morgan fingerprint density at radius 2 is 1.84 bits per heavy atom. The maximum atomic E-state index is 13.2. The Kier molecular flexibility index (Phi) is 7.07. The topological polar surface area (TPSA) is 132 Å². The van der Waals surface area contributed by atoms with Gasteiger partial charge in [-0.1, -0.05) is 32.0 Å². The van der Waals surface area contributed by atoms with Gasteiger partial charge >= 0.3 is 0 Å². The second-order valence-electron chi connectivity index (χ2n) is 8.32. The molecule has 11 nitrogen and oxygen atoms in total. The number of carbonyl (C=O) groups is 1. The molecule has 0 saturated heterocycles. The zero-order valence-corrected chi connectivity index (χ0v) is 21.7. The first kappa shape index (κ1) is 25.4. The second-order valence-corrected chi connectivity index (χ2v) is 10.3. The Labute approximate surface area is 219 Å². The molecule has 12 heteroatoms. The van der Waals surface area contributed by atoms with Gasteiger partial charge in [0.05, 0.1) is 23.2 Å². The third-order valence-electron chi connectivity index (χ3n) is 6.08. The zero-order chi connectivity index (χ0) is 26.7. The summed E-state index contributed by atoms with van der Waals surface area (Å²) >= 11 is 0. The van der Waals surface area contributed by atoms with Gasteiger partial charge in [-0.25, -0.2) is 8.42 Å². The van der Waals surface area contributed by atoms with Gasteiger partial charge in [0.25, 0.3) is 11.9 Å². The molecule has 5 rings (SSSR count). The number of furan rings is 1. The van der Waals surface area contributed by atoms with Gasteiger partial charge in [0.1, 0.15) is 17.9 Å². The average Bonchev–Trinajstić information content (AvgIpc) is 3.57. The van der Waals surface area contributed by atoms with E-state index in [0.29, 0.717) is 48.3 Å². The highest BCUT2D eigenvalue weighted by molar-refractivity contribution is 7.89. The van der Waals surface area contributed by atoms with Crippen molar-refractivity contribution in [1.82, 2.24) is 24.1 Å². The van der Waals surface area contributed by atoms with Crippen molar-refractivity contribution in [2.45, 2.75) is 25.3 Å². The normalized spacial score (nSPS) is 11.9. The van der Waals surface area contributed by atoms with Crippen molar-refractivity contribution in [3.8, 4) is 5.75 Å². The Hall–Kier alpha value is -4.29. The minimum atomic E-state index is -3.69. The molecule has 0 unspecified atom stereocenters. The van der Waals surface area contributed by atoms with Gasteiger partial charge in [-0.2, -0.15) is 9.29 Å². The first-order chi connectivity index (χ1) is 18.4. The van der Waals surface area contributed by atoms with Gasteiger partial charge in [0.15, 0.2) is 11.4 Å². The molecule has 0 aliphatic heterocycles. The number of sulfonamides is 1. The number of amides is 1. The van der Waals surface area contributed by atoms with E-state index in [1.807, 2.05) is 34.9 Å². The summed E-state index contributed by atoms with van der Waals surface area (Å²) in [5.74, 6) is 0.304. The Morgan fingerprint density at radius 3 is 2.55 bits per heavy atom. The molecule has 3 heterocycles. The number of carbonyl (C=O) groups excluding carboxylic acids is 1. The van der Waals surface area contributed by atoms with Crippen LogP contribution in [0.2, 0.25) is 0 Å². The number of ether oxygens (including phenoxy) is 1. The maximum absolute atomic E-state index is 13.2. The number of hydrogen-bond donors (Lipinski definition) is 1. The van der Waals surface area contributed by atoms with Crippen molar-refractivity contribution in [3.05, 3.63) is 72.7 Å². The van der Waals surface area contributed by atoms with E-state index >= 15 is 0 Å². The minimum Gasteiger partial charge on any atom is -0.492 e. The van der Waals surface area contributed by atoms with Gasteiger partial charge in [-0.3, -0.25) is 10.1 Å². The third kappa shape index (κ3) is 4.83. The van der Waals surface area contributed by atoms with Crippen molar-refractivity contribution in [1.29, 1.82) is 0 Å². The lowest BCUT2D eigenvalue weighted by molar-refractivity contribution is 0.0995. The minimum absolute atomic E-state index is 0.0112. The van der Waals surface area contributed by atoms with E-state index in [2.05, 4.69) is 20.5 Å². The second kappa shape index (κ2) is 10.6. The summed E-state index contributed by atoms with van der Waals surface area (Å²) in [4.78, 5) is 17.2. The maximum Gasteiger partial charge on any atom is 0.293 e. The van der Waals surface area contributed by atoms with Crippen LogP contribution in [0.1, 0.15) is 24.4 Å². The first-order valence-electron chi connectivity index (χ1n) is 12.1. The highest BCUT2D eigenvalue weighted by atomic mass is 32.2. The Morgan fingerprint density at radius 1 is 1.05 bits per heavy atom. The predicted octanol–water partition coefficient (Wildman–Crippen LogP) is 3.93. The summed E-state index contributed by atoms with van der Waals surface area (Å²) in [6, 6.07) is 17.4. The van der Waals surface area contributed by atoms with Gasteiger partial charge in [-0.05, 0) is 42.5 Å². The molecule has 0 aliphatic rings. The average molecular weight is 535 g/mol. The standard InChI is InChI=1S/C26H26N6O5S/c1-3-31(4-2)38(34,35)19-12-13-21-20(17-19)23-24(32(21)14-16-36-18-9-6-5-7-10-18)27-26(30-29-23)28-25(33)22-11-8-15-37-22/h5-13,15,17H,3-4,14,16H2,1-2H3,(H,27,28,30,33). The van der Waals surface area contributed by atoms with Crippen LogP contribution in [0.5, 0.6) is 5.75 Å². The van der Waals surface area contributed by atoms with E-state index in [0.717, 1.165) is 5.75 Å². The highest BCUT2D eigenvalue weighted by Gasteiger charge is 2.24. The number of para-hydroxylation sites is 1. The molecule has 2 aromatic carbocycles. The number of benzene rings is 2. The fourth-order valence-electron chi connectivity index (χ4n) is 4.23. The highest BCUT2D eigenvalue weighted by Crippen LogP contribution is 2.30. The fourth-order valence-corrected chi connectivity index (χ4v) is 5.71. The molecule has 5 aromatic rings. The number of hydrogen-bond acceptors (Lipinski definition) is 8. The summed E-state index contributed by atoms with van der Waals surface area (Å²) in [6.07, 6.45) is 1.39. The summed E-state index contributed by atoms with van der Waals surface area (Å²) < 4.78 is 40.7. The van der Waals surface area contributed by atoms with Crippen molar-refractivity contribution >= 4 is 43.9 Å². The van der Waals surface area contributed by atoms with Crippen molar-refractivity contribution < 1.29 is 22.4 Å². The van der Waals surface area contributed by atoms with Crippen LogP contribution in [0.15, 0.2) is 76.2 Å². The number of fused-ring (bicyclic) bond motifs is 3. The Balaban J connectivity index is 1.57. The fraction of sp³-hybridized carbons (Fsp3) is 0.231. The van der Waals surface area contributed by atoms with Crippen LogP contribution in [0, 0.1) is 0 Å². The van der Waals surface area contributed by atoms with Gasteiger partial charge < -0.3 is 13.7 Å². The SMILES string of the molecule is CCN(CC)S(=O)(=O)c1ccc2c(c1)c1nnc(NC(=O)c3ccco3)nc1n2CCOc1ccccc1. The molecule has 0 spiro atoms. The van der Waals surface area contributed by atoms with Crippen molar-refractivity contribution in [2.24, 2.45) is 0 Å². The lowest BCUT2D eigenvalue weighted by Crippen LogP contribution is -2.30. The molecule has 0 bridgehead atoms. The third-order valence-corrected chi connectivity index (χ3v) is 8.12. The molecule has 0 atom stereocenters. The number of anilines is 1. The van der Waals surface area contributed by atoms with Gasteiger partial charge in [0, 0.05) is 18.5 Å². The van der Waals surface area contributed by atoms with Crippen LogP contribution in [-0.2, 0) is 16.6 Å². The molecule has 0 radical (unpaired) electrons. The van der Waals surface area contributed by atoms with Crippen LogP contribution >= 0.6 is 0 Å². The van der Waals surface area contributed by atoms with E-state index in [-0.39, 0.29) is 16.6 Å².